The molecule has 0 saturated carbocycles. The largest absolute Gasteiger partial charge is 0.370 e. The van der Waals surface area contributed by atoms with E-state index in [9.17, 15) is 0 Å². The molecule has 20 heavy (non-hydrogen) atoms. The molecule has 2 aromatic rings. The van der Waals surface area contributed by atoms with Crippen LogP contribution in [0.25, 0.3) is 0 Å². The number of aryl methyl sites for hydroxylation is 2. The molecule has 1 unspecified atom stereocenters. The first-order valence-electron chi connectivity index (χ1n) is 7.16. The Morgan fingerprint density at radius 1 is 1.05 bits per heavy atom. The van der Waals surface area contributed by atoms with Crippen molar-refractivity contribution in [3.63, 3.8) is 0 Å². The summed E-state index contributed by atoms with van der Waals surface area (Å²) in [4.78, 5) is 2.31. The van der Waals surface area contributed by atoms with Crippen molar-refractivity contribution in [3.8, 4) is 0 Å². The summed E-state index contributed by atoms with van der Waals surface area (Å²) in [6, 6.07) is 17.4. The Bertz CT molecular complexity index is 549. The van der Waals surface area contributed by atoms with Crippen LogP contribution in [0.3, 0.4) is 0 Å². The lowest BCUT2D eigenvalue weighted by Gasteiger charge is -2.30. The van der Waals surface area contributed by atoms with Crippen molar-refractivity contribution in [1.29, 1.82) is 0 Å². The summed E-state index contributed by atoms with van der Waals surface area (Å²) in [5.41, 5.74) is 11.2. The van der Waals surface area contributed by atoms with Crippen LogP contribution in [0.2, 0.25) is 0 Å². The Kier molecular flexibility index (Phi) is 4.80. The molecule has 0 spiro atoms. The second-order valence-corrected chi connectivity index (χ2v) is 5.48. The number of hydrogen-bond donors (Lipinski definition) is 1. The quantitative estimate of drug-likeness (QED) is 0.901. The Morgan fingerprint density at radius 3 is 2.35 bits per heavy atom. The van der Waals surface area contributed by atoms with Gasteiger partial charge in [0.15, 0.2) is 0 Å². The van der Waals surface area contributed by atoms with E-state index in [2.05, 4.69) is 74.3 Å². The molecule has 106 valence electrons. The Morgan fingerprint density at radius 2 is 1.75 bits per heavy atom. The number of nitrogens with zero attached hydrogens (tertiary/aromatic N) is 1. The van der Waals surface area contributed by atoms with E-state index in [1.54, 1.807) is 0 Å². The van der Waals surface area contributed by atoms with Crippen molar-refractivity contribution in [2.75, 3.05) is 18.5 Å². The molecule has 2 nitrogen and oxygen atoms in total. The van der Waals surface area contributed by atoms with Gasteiger partial charge in [0.25, 0.3) is 0 Å². The van der Waals surface area contributed by atoms with Crippen molar-refractivity contribution in [3.05, 3.63) is 65.2 Å². The topological polar surface area (TPSA) is 29.3 Å². The van der Waals surface area contributed by atoms with E-state index in [1.807, 2.05) is 0 Å². The van der Waals surface area contributed by atoms with Crippen molar-refractivity contribution >= 4 is 5.69 Å². The first-order chi connectivity index (χ1) is 9.61. The van der Waals surface area contributed by atoms with Crippen LogP contribution in [0.4, 0.5) is 5.69 Å². The predicted octanol–water partition coefficient (Wildman–Crippen LogP) is 3.31. The number of rotatable bonds is 5. The highest BCUT2D eigenvalue weighted by molar-refractivity contribution is 5.54. The molecule has 0 aliphatic heterocycles. The van der Waals surface area contributed by atoms with Gasteiger partial charge in [0.1, 0.15) is 0 Å². The minimum absolute atomic E-state index is 0.318. The lowest BCUT2D eigenvalue weighted by molar-refractivity contribution is 0.633. The third kappa shape index (κ3) is 3.40. The molecule has 0 aliphatic carbocycles. The molecule has 2 aromatic carbocycles. The van der Waals surface area contributed by atoms with Crippen LogP contribution < -0.4 is 10.6 Å². The van der Waals surface area contributed by atoms with Crippen molar-refractivity contribution < 1.29 is 0 Å². The fraction of sp³-hybridized carbons (Fsp3) is 0.333. The Hall–Kier alpha value is -1.80. The third-order valence-electron chi connectivity index (χ3n) is 3.87. The van der Waals surface area contributed by atoms with E-state index in [0.29, 0.717) is 12.6 Å². The van der Waals surface area contributed by atoms with Gasteiger partial charge in [-0.1, -0.05) is 48.0 Å². The van der Waals surface area contributed by atoms with Crippen LogP contribution in [0.1, 0.15) is 16.7 Å². The lowest BCUT2D eigenvalue weighted by atomic mass is 10.0. The van der Waals surface area contributed by atoms with Gasteiger partial charge in [-0.05, 0) is 37.5 Å². The van der Waals surface area contributed by atoms with E-state index in [0.717, 1.165) is 6.42 Å². The van der Waals surface area contributed by atoms with Crippen LogP contribution in [0, 0.1) is 13.8 Å². The number of nitrogens with two attached hydrogens (primary N) is 1. The minimum atomic E-state index is 0.318. The van der Waals surface area contributed by atoms with Crippen molar-refractivity contribution in [2.24, 2.45) is 5.73 Å². The molecule has 0 radical (unpaired) electrons. The van der Waals surface area contributed by atoms with Gasteiger partial charge < -0.3 is 10.6 Å². The molecule has 2 N–H and O–H groups in total. The third-order valence-corrected chi connectivity index (χ3v) is 3.87. The highest BCUT2D eigenvalue weighted by atomic mass is 15.1. The number of benzene rings is 2. The maximum Gasteiger partial charge on any atom is 0.0449 e. The van der Waals surface area contributed by atoms with Gasteiger partial charge in [-0.2, -0.15) is 0 Å². The van der Waals surface area contributed by atoms with Crippen molar-refractivity contribution in [1.82, 2.24) is 0 Å². The normalized spacial score (nSPS) is 12.2. The number of likely N-dealkylation sites (N-methyl/N-ethyl adjacent to an activating group) is 1. The van der Waals surface area contributed by atoms with Crippen molar-refractivity contribution in [2.45, 2.75) is 26.3 Å². The first-order valence-corrected chi connectivity index (χ1v) is 7.16. The van der Waals surface area contributed by atoms with E-state index in [-0.39, 0.29) is 0 Å². The molecule has 0 heterocycles. The first kappa shape index (κ1) is 14.6. The van der Waals surface area contributed by atoms with E-state index in [4.69, 9.17) is 5.73 Å². The van der Waals surface area contributed by atoms with E-state index < -0.39 is 0 Å². The standard InChI is InChI=1S/C18H24N2/c1-14-9-10-18(15(2)11-14)20(3)17(13-19)12-16-7-5-4-6-8-16/h4-11,17H,12-13,19H2,1-3H3. The van der Waals surface area contributed by atoms with Gasteiger partial charge in [-0.15, -0.1) is 0 Å². The summed E-state index contributed by atoms with van der Waals surface area (Å²) in [5, 5.41) is 0. The summed E-state index contributed by atoms with van der Waals surface area (Å²) in [6.45, 7) is 4.94. The summed E-state index contributed by atoms with van der Waals surface area (Å²) < 4.78 is 0. The monoisotopic (exact) mass is 268 g/mol. The Labute approximate surface area is 122 Å². The number of hydrogen-bond acceptors (Lipinski definition) is 2. The zero-order chi connectivity index (χ0) is 14.5. The van der Waals surface area contributed by atoms with Gasteiger partial charge in [0, 0.05) is 25.3 Å². The van der Waals surface area contributed by atoms with E-state index >= 15 is 0 Å². The molecular formula is C18H24N2. The number of anilines is 1. The zero-order valence-corrected chi connectivity index (χ0v) is 12.6. The SMILES string of the molecule is Cc1ccc(N(C)C(CN)Cc2ccccc2)c(C)c1. The van der Waals surface area contributed by atoms with Gasteiger partial charge in [0.2, 0.25) is 0 Å². The molecule has 0 aromatic heterocycles. The molecular weight excluding hydrogens is 244 g/mol. The summed E-state index contributed by atoms with van der Waals surface area (Å²) in [5.74, 6) is 0. The molecule has 2 rings (SSSR count). The smallest absolute Gasteiger partial charge is 0.0449 e. The summed E-state index contributed by atoms with van der Waals surface area (Å²) in [6.07, 6.45) is 0.973. The average molecular weight is 268 g/mol. The highest BCUT2D eigenvalue weighted by Gasteiger charge is 2.15. The van der Waals surface area contributed by atoms with Crippen LogP contribution in [0.15, 0.2) is 48.5 Å². The molecule has 0 saturated heterocycles. The maximum atomic E-state index is 6.00. The van der Waals surface area contributed by atoms with E-state index in [1.165, 1.54) is 22.4 Å². The molecule has 2 heteroatoms. The van der Waals surface area contributed by atoms with Gasteiger partial charge >= 0.3 is 0 Å². The second kappa shape index (κ2) is 6.58. The Balaban J connectivity index is 2.18. The van der Waals surface area contributed by atoms with Crippen LogP contribution in [0.5, 0.6) is 0 Å². The summed E-state index contributed by atoms with van der Waals surface area (Å²) in [7, 11) is 2.14. The van der Waals surface area contributed by atoms with Gasteiger partial charge in [-0.3, -0.25) is 0 Å². The van der Waals surface area contributed by atoms with Gasteiger partial charge in [0.05, 0.1) is 0 Å². The highest BCUT2D eigenvalue weighted by Crippen LogP contribution is 2.22. The fourth-order valence-electron chi connectivity index (χ4n) is 2.66. The average Bonchev–Trinajstić information content (AvgIpc) is 2.45. The molecule has 1 atom stereocenters. The molecule has 0 amide bonds. The zero-order valence-electron chi connectivity index (χ0n) is 12.6. The van der Waals surface area contributed by atoms with Crippen LogP contribution >= 0.6 is 0 Å². The molecule has 0 aliphatic rings. The summed E-state index contributed by atoms with van der Waals surface area (Å²) >= 11 is 0. The molecule has 0 bridgehead atoms. The predicted molar refractivity (Wildman–Crippen MR) is 87.3 cm³/mol. The van der Waals surface area contributed by atoms with Crippen LogP contribution in [-0.4, -0.2) is 19.6 Å². The fourth-order valence-corrected chi connectivity index (χ4v) is 2.66. The second-order valence-electron chi connectivity index (χ2n) is 5.48. The maximum absolute atomic E-state index is 6.00. The van der Waals surface area contributed by atoms with Gasteiger partial charge in [-0.25, -0.2) is 0 Å². The lowest BCUT2D eigenvalue weighted by Crippen LogP contribution is -2.40. The van der Waals surface area contributed by atoms with Crippen LogP contribution in [-0.2, 0) is 6.42 Å². The minimum Gasteiger partial charge on any atom is -0.370 e. The molecule has 0 fully saturated rings.